The second-order valence-corrected chi connectivity index (χ2v) is 8.01. The second kappa shape index (κ2) is 9.20. The summed E-state index contributed by atoms with van der Waals surface area (Å²) in [6, 6.07) is 13.4. The van der Waals surface area contributed by atoms with Gasteiger partial charge in [0.15, 0.2) is 11.5 Å². The lowest BCUT2D eigenvalue weighted by molar-refractivity contribution is -0.121. The molecule has 1 saturated carbocycles. The summed E-state index contributed by atoms with van der Waals surface area (Å²) in [5.74, 6) is 1.81. The van der Waals surface area contributed by atoms with E-state index in [0.717, 1.165) is 47.6 Å². The van der Waals surface area contributed by atoms with Gasteiger partial charge in [-0.05, 0) is 61.6 Å². The predicted molar refractivity (Wildman–Crippen MR) is 115 cm³/mol. The van der Waals surface area contributed by atoms with Gasteiger partial charge >= 0.3 is 0 Å². The molecule has 1 heterocycles. The molecule has 2 aromatic carbocycles. The molecule has 0 saturated heterocycles. The minimum atomic E-state index is -0.102. The van der Waals surface area contributed by atoms with Crippen LogP contribution < -0.4 is 20.1 Å². The molecule has 1 atom stereocenters. The summed E-state index contributed by atoms with van der Waals surface area (Å²) in [7, 11) is 0. The molecule has 4 rings (SSSR count). The molecular weight excluding hydrogens is 380 g/mol. The van der Waals surface area contributed by atoms with Gasteiger partial charge in [0.2, 0.25) is 11.8 Å². The molecule has 158 valence electrons. The number of carbonyl (C=O) groups excluding carboxylic acids is 2. The van der Waals surface area contributed by atoms with Crippen molar-refractivity contribution in [2.45, 2.75) is 45.1 Å². The number of anilines is 1. The van der Waals surface area contributed by atoms with Gasteiger partial charge in [0.05, 0.1) is 19.3 Å². The number of hydrogen-bond donors (Lipinski definition) is 2. The molecule has 2 aliphatic rings. The number of fused-ring (bicyclic) bond motifs is 1. The fourth-order valence-electron chi connectivity index (χ4n) is 3.46. The maximum atomic E-state index is 12.4. The third-order valence-corrected chi connectivity index (χ3v) is 5.46. The van der Waals surface area contributed by atoms with Crippen LogP contribution in [0, 0.1) is 5.92 Å². The van der Waals surface area contributed by atoms with Gasteiger partial charge in [0, 0.05) is 24.4 Å². The second-order valence-electron chi connectivity index (χ2n) is 8.01. The van der Waals surface area contributed by atoms with Crippen molar-refractivity contribution in [1.29, 1.82) is 0 Å². The maximum Gasteiger partial charge on any atom is 0.227 e. The van der Waals surface area contributed by atoms with Crippen LogP contribution in [0.25, 0.3) is 0 Å². The summed E-state index contributed by atoms with van der Waals surface area (Å²) < 4.78 is 11.4. The predicted octanol–water partition coefficient (Wildman–Crippen LogP) is 4.01. The monoisotopic (exact) mass is 408 g/mol. The third kappa shape index (κ3) is 5.32. The van der Waals surface area contributed by atoms with Crippen molar-refractivity contribution in [3.05, 3.63) is 53.6 Å². The van der Waals surface area contributed by atoms with Gasteiger partial charge in [0.1, 0.15) is 0 Å². The maximum absolute atomic E-state index is 12.4. The van der Waals surface area contributed by atoms with E-state index in [9.17, 15) is 9.59 Å². The Hall–Kier alpha value is -3.02. The van der Waals surface area contributed by atoms with Gasteiger partial charge in [-0.3, -0.25) is 9.59 Å². The average molecular weight is 408 g/mol. The molecule has 1 unspecified atom stereocenters. The lowest BCUT2D eigenvalue weighted by Crippen LogP contribution is -2.26. The van der Waals surface area contributed by atoms with Crippen molar-refractivity contribution in [3.63, 3.8) is 0 Å². The van der Waals surface area contributed by atoms with Crippen molar-refractivity contribution in [3.8, 4) is 11.5 Å². The highest BCUT2D eigenvalue weighted by atomic mass is 16.5. The van der Waals surface area contributed by atoms with Crippen molar-refractivity contribution in [2.24, 2.45) is 5.92 Å². The Kier molecular flexibility index (Phi) is 6.21. The van der Waals surface area contributed by atoms with Crippen molar-refractivity contribution < 1.29 is 19.1 Å². The quantitative estimate of drug-likeness (QED) is 0.726. The summed E-state index contributed by atoms with van der Waals surface area (Å²) >= 11 is 0. The average Bonchev–Trinajstić information content (AvgIpc) is 3.59. The topological polar surface area (TPSA) is 76.7 Å². The van der Waals surface area contributed by atoms with Crippen LogP contribution in [0.5, 0.6) is 11.5 Å². The van der Waals surface area contributed by atoms with E-state index in [-0.39, 0.29) is 23.8 Å². The van der Waals surface area contributed by atoms with Crippen LogP contribution in [0.15, 0.2) is 42.5 Å². The molecular formula is C24H28N2O4. The molecule has 2 N–H and O–H groups in total. The van der Waals surface area contributed by atoms with Gasteiger partial charge < -0.3 is 20.1 Å². The van der Waals surface area contributed by atoms with Gasteiger partial charge in [-0.1, -0.05) is 18.2 Å². The Labute approximate surface area is 177 Å². The molecule has 2 amide bonds. The minimum absolute atomic E-state index is 0.000670. The lowest BCUT2D eigenvalue weighted by Gasteiger charge is -2.15. The number of carbonyl (C=O) groups is 2. The van der Waals surface area contributed by atoms with Crippen LogP contribution in [0.3, 0.4) is 0 Å². The van der Waals surface area contributed by atoms with E-state index in [1.807, 2.05) is 49.4 Å². The number of rotatable bonds is 7. The van der Waals surface area contributed by atoms with Crippen LogP contribution >= 0.6 is 0 Å². The minimum Gasteiger partial charge on any atom is -0.490 e. The molecule has 1 aliphatic carbocycles. The highest BCUT2D eigenvalue weighted by Gasteiger charge is 2.29. The highest BCUT2D eigenvalue weighted by Crippen LogP contribution is 2.31. The number of hydrogen-bond acceptors (Lipinski definition) is 4. The number of benzene rings is 2. The molecule has 6 heteroatoms. The highest BCUT2D eigenvalue weighted by molar-refractivity contribution is 5.94. The molecule has 1 aliphatic heterocycles. The molecule has 0 bridgehead atoms. The smallest absolute Gasteiger partial charge is 0.227 e. The van der Waals surface area contributed by atoms with Crippen molar-refractivity contribution in [2.75, 3.05) is 18.5 Å². The first-order valence-corrected chi connectivity index (χ1v) is 10.7. The molecule has 1 fully saturated rings. The molecule has 0 aromatic heterocycles. The number of amides is 2. The van der Waals surface area contributed by atoms with Crippen LogP contribution in [-0.4, -0.2) is 25.0 Å². The third-order valence-electron chi connectivity index (χ3n) is 5.46. The molecule has 0 radical (unpaired) electrons. The summed E-state index contributed by atoms with van der Waals surface area (Å²) in [4.78, 5) is 24.3. The van der Waals surface area contributed by atoms with Gasteiger partial charge in [-0.25, -0.2) is 0 Å². The Morgan fingerprint density at radius 2 is 1.77 bits per heavy atom. The molecule has 30 heavy (non-hydrogen) atoms. The van der Waals surface area contributed by atoms with E-state index in [1.165, 1.54) is 0 Å². The van der Waals surface area contributed by atoms with Crippen LogP contribution in [0.1, 0.15) is 49.8 Å². The zero-order chi connectivity index (χ0) is 20.9. The van der Waals surface area contributed by atoms with Gasteiger partial charge in [0.25, 0.3) is 0 Å². The normalized spacial score (nSPS) is 16.3. The van der Waals surface area contributed by atoms with E-state index < -0.39 is 0 Å². The Morgan fingerprint density at radius 3 is 2.50 bits per heavy atom. The Morgan fingerprint density at radius 1 is 1.03 bits per heavy atom. The standard InChI is InChI=1S/C24H28N2O4/c1-16(18-7-9-20(10-8-18)26-24(28)19-5-6-19)25-23(27)12-4-17-3-11-21-22(15-17)30-14-2-13-29-21/h3,7-11,15-16,19H,2,4-6,12-14H2,1H3,(H,25,27)(H,26,28). The van der Waals surface area contributed by atoms with E-state index in [0.29, 0.717) is 26.1 Å². The SMILES string of the molecule is CC(NC(=O)CCc1ccc2c(c1)OCCCO2)c1ccc(NC(=O)C2CC2)cc1. The summed E-state index contributed by atoms with van der Waals surface area (Å²) in [6.07, 6.45) is 3.89. The summed E-state index contributed by atoms with van der Waals surface area (Å²) in [5, 5.41) is 5.97. The van der Waals surface area contributed by atoms with Gasteiger partial charge in [-0.2, -0.15) is 0 Å². The van der Waals surface area contributed by atoms with Crippen molar-refractivity contribution >= 4 is 17.5 Å². The van der Waals surface area contributed by atoms with Crippen LogP contribution in [-0.2, 0) is 16.0 Å². The van der Waals surface area contributed by atoms with Crippen LogP contribution in [0.2, 0.25) is 0 Å². The van der Waals surface area contributed by atoms with E-state index in [2.05, 4.69) is 10.6 Å². The number of ether oxygens (including phenoxy) is 2. The van der Waals surface area contributed by atoms with E-state index in [1.54, 1.807) is 0 Å². The van der Waals surface area contributed by atoms with E-state index in [4.69, 9.17) is 9.47 Å². The molecule has 2 aromatic rings. The van der Waals surface area contributed by atoms with E-state index >= 15 is 0 Å². The number of aryl methyl sites for hydroxylation is 1. The first kappa shape index (κ1) is 20.3. The Bertz CT molecular complexity index is 906. The number of nitrogens with one attached hydrogen (secondary N) is 2. The fourth-order valence-corrected chi connectivity index (χ4v) is 3.46. The summed E-state index contributed by atoms with van der Waals surface area (Å²) in [5.41, 5.74) is 2.85. The molecule has 6 nitrogen and oxygen atoms in total. The zero-order valence-corrected chi connectivity index (χ0v) is 17.3. The first-order chi connectivity index (χ1) is 14.6. The van der Waals surface area contributed by atoms with Gasteiger partial charge in [-0.15, -0.1) is 0 Å². The molecule has 0 spiro atoms. The largest absolute Gasteiger partial charge is 0.490 e. The zero-order valence-electron chi connectivity index (χ0n) is 17.3. The Balaban J connectivity index is 1.26. The van der Waals surface area contributed by atoms with Crippen molar-refractivity contribution in [1.82, 2.24) is 5.32 Å². The fraction of sp³-hybridized carbons (Fsp3) is 0.417. The summed E-state index contributed by atoms with van der Waals surface area (Å²) in [6.45, 7) is 3.28. The first-order valence-electron chi connectivity index (χ1n) is 10.7. The lowest BCUT2D eigenvalue weighted by atomic mass is 10.1. The van der Waals surface area contributed by atoms with Crippen LogP contribution in [0.4, 0.5) is 5.69 Å².